The van der Waals surface area contributed by atoms with E-state index in [9.17, 15) is 22.8 Å². The van der Waals surface area contributed by atoms with E-state index in [1.54, 1.807) is 5.32 Å². The summed E-state index contributed by atoms with van der Waals surface area (Å²) in [7, 11) is 1.06. The summed E-state index contributed by atoms with van der Waals surface area (Å²) in [5.74, 6) is -2.20. The van der Waals surface area contributed by atoms with Gasteiger partial charge < -0.3 is 10.6 Å². The van der Waals surface area contributed by atoms with Crippen molar-refractivity contribution in [2.24, 2.45) is 0 Å². The summed E-state index contributed by atoms with van der Waals surface area (Å²) in [6.07, 6.45) is -4.77. The molecular formula is C6H9F3N2O2. The first kappa shape index (κ1) is 11.7. The van der Waals surface area contributed by atoms with E-state index in [0.717, 1.165) is 14.0 Å². The number of rotatable bonds is 2. The van der Waals surface area contributed by atoms with E-state index in [2.05, 4.69) is 0 Å². The van der Waals surface area contributed by atoms with Crippen LogP contribution in [0.25, 0.3) is 0 Å². The predicted octanol–water partition coefficient (Wildman–Crippen LogP) is -0.201. The maximum atomic E-state index is 12.0. The predicted molar refractivity (Wildman–Crippen MR) is 37.7 cm³/mol. The van der Waals surface area contributed by atoms with E-state index in [0.29, 0.717) is 0 Å². The molecule has 0 aliphatic rings. The van der Waals surface area contributed by atoms with Crippen LogP contribution in [-0.4, -0.2) is 31.1 Å². The molecule has 0 saturated carbocycles. The summed E-state index contributed by atoms with van der Waals surface area (Å²) in [4.78, 5) is 21.0. The van der Waals surface area contributed by atoms with Gasteiger partial charge in [-0.05, 0) is 0 Å². The molecule has 0 aliphatic carbocycles. The van der Waals surface area contributed by atoms with Crippen LogP contribution in [0.15, 0.2) is 0 Å². The van der Waals surface area contributed by atoms with Gasteiger partial charge in [0.1, 0.15) is 0 Å². The van der Waals surface area contributed by atoms with Gasteiger partial charge >= 0.3 is 6.18 Å². The number of nitrogens with one attached hydrogen (secondary N) is 2. The number of likely N-dealkylation sites (N-methyl/N-ethyl adjacent to an activating group) is 1. The Morgan fingerprint density at radius 1 is 1.31 bits per heavy atom. The van der Waals surface area contributed by atoms with Gasteiger partial charge in [-0.2, -0.15) is 13.2 Å². The third kappa shape index (κ3) is 3.77. The summed E-state index contributed by atoms with van der Waals surface area (Å²) in [5.41, 5.74) is 0. The van der Waals surface area contributed by atoms with E-state index < -0.39 is 24.0 Å². The van der Waals surface area contributed by atoms with Crippen LogP contribution in [0.3, 0.4) is 0 Å². The van der Waals surface area contributed by atoms with Gasteiger partial charge in [-0.25, -0.2) is 0 Å². The molecule has 0 heterocycles. The second-order valence-corrected chi connectivity index (χ2v) is 2.29. The number of carbonyl (C=O) groups excluding carboxylic acids is 2. The molecule has 2 amide bonds. The molecule has 0 aromatic rings. The molecule has 0 fully saturated rings. The normalized spacial score (nSPS) is 13.3. The van der Waals surface area contributed by atoms with Crippen molar-refractivity contribution >= 4 is 11.8 Å². The molecule has 0 radical (unpaired) electrons. The van der Waals surface area contributed by atoms with Crippen molar-refractivity contribution in [3.05, 3.63) is 0 Å². The van der Waals surface area contributed by atoms with Gasteiger partial charge in [0.05, 0.1) is 0 Å². The van der Waals surface area contributed by atoms with E-state index >= 15 is 0 Å². The van der Waals surface area contributed by atoms with Gasteiger partial charge in [0.15, 0.2) is 0 Å². The van der Waals surface area contributed by atoms with E-state index in [1.807, 2.05) is 0 Å². The number of amides is 2. The number of carbonyl (C=O) groups is 2. The molecule has 2 N–H and O–H groups in total. The Kier molecular flexibility index (Phi) is 3.70. The number of hydrogen-bond donors (Lipinski definition) is 2. The van der Waals surface area contributed by atoms with Crippen molar-refractivity contribution in [3.8, 4) is 0 Å². The maximum Gasteiger partial charge on any atom is 0.417 e. The lowest BCUT2D eigenvalue weighted by molar-refractivity contribution is -0.171. The van der Waals surface area contributed by atoms with Crippen LogP contribution < -0.4 is 10.6 Å². The maximum absolute atomic E-state index is 12.0. The quantitative estimate of drug-likeness (QED) is 0.645. The lowest BCUT2D eigenvalue weighted by Crippen LogP contribution is -2.53. The minimum Gasteiger partial charge on any atom is -0.357 e. The molecule has 0 bridgehead atoms. The number of alkyl halides is 3. The number of halogens is 3. The van der Waals surface area contributed by atoms with Gasteiger partial charge in [0.25, 0.3) is 5.91 Å². The molecule has 7 heteroatoms. The van der Waals surface area contributed by atoms with Crippen molar-refractivity contribution < 1.29 is 22.8 Å². The van der Waals surface area contributed by atoms with E-state index in [-0.39, 0.29) is 0 Å². The van der Waals surface area contributed by atoms with Crippen molar-refractivity contribution in [1.82, 2.24) is 10.6 Å². The molecule has 1 unspecified atom stereocenters. The van der Waals surface area contributed by atoms with Crippen LogP contribution in [0.5, 0.6) is 0 Å². The molecule has 13 heavy (non-hydrogen) atoms. The van der Waals surface area contributed by atoms with Crippen molar-refractivity contribution in [2.75, 3.05) is 7.05 Å². The largest absolute Gasteiger partial charge is 0.417 e. The second-order valence-electron chi connectivity index (χ2n) is 2.29. The Hall–Kier alpha value is -1.27. The Labute approximate surface area is 72.5 Å². The average Bonchev–Trinajstić information content (AvgIpc) is 1.96. The first-order valence-electron chi connectivity index (χ1n) is 3.34. The highest BCUT2D eigenvalue weighted by atomic mass is 19.4. The molecule has 0 saturated heterocycles. The Balaban J connectivity index is 4.56. The van der Waals surface area contributed by atoms with Gasteiger partial charge in [-0.3, -0.25) is 9.59 Å². The fraction of sp³-hybridized carbons (Fsp3) is 0.667. The molecule has 4 nitrogen and oxygen atoms in total. The molecule has 0 aliphatic heterocycles. The molecule has 0 rings (SSSR count). The summed E-state index contributed by atoms with van der Waals surface area (Å²) in [6.45, 7) is 0.904. The standard InChI is InChI=1S/C6H9F3N2O2/c1-3(12)11-4(5(13)10-2)6(7,8)9/h4H,1-2H3,(H,10,13)(H,11,12). The van der Waals surface area contributed by atoms with Crippen molar-refractivity contribution in [1.29, 1.82) is 0 Å². The summed E-state index contributed by atoms with van der Waals surface area (Å²) in [6, 6.07) is -2.48. The molecular weight excluding hydrogens is 189 g/mol. The Morgan fingerprint density at radius 3 is 2.00 bits per heavy atom. The fourth-order valence-electron chi connectivity index (χ4n) is 0.644. The van der Waals surface area contributed by atoms with Crippen LogP contribution in [0.1, 0.15) is 6.92 Å². The Morgan fingerprint density at radius 2 is 1.77 bits per heavy atom. The second kappa shape index (κ2) is 4.11. The van der Waals surface area contributed by atoms with Crippen molar-refractivity contribution in [3.63, 3.8) is 0 Å². The van der Waals surface area contributed by atoms with Crippen LogP contribution in [-0.2, 0) is 9.59 Å². The van der Waals surface area contributed by atoms with Gasteiger partial charge in [0.2, 0.25) is 11.9 Å². The van der Waals surface area contributed by atoms with Crippen LogP contribution >= 0.6 is 0 Å². The van der Waals surface area contributed by atoms with Crippen LogP contribution in [0.2, 0.25) is 0 Å². The summed E-state index contributed by atoms with van der Waals surface area (Å²) < 4.78 is 36.1. The zero-order chi connectivity index (χ0) is 10.6. The smallest absolute Gasteiger partial charge is 0.357 e. The summed E-state index contributed by atoms with van der Waals surface area (Å²) in [5, 5.41) is 3.30. The summed E-state index contributed by atoms with van der Waals surface area (Å²) >= 11 is 0. The number of hydrogen-bond acceptors (Lipinski definition) is 2. The third-order valence-electron chi connectivity index (χ3n) is 1.18. The highest BCUT2D eigenvalue weighted by Crippen LogP contribution is 2.20. The topological polar surface area (TPSA) is 58.2 Å². The van der Waals surface area contributed by atoms with Crippen LogP contribution in [0, 0.1) is 0 Å². The highest BCUT2D eigenvalue weighted by molar-refractivity contribution is 5.87. The van der Waals surface area contributed by atoms with E-state index in [4.69, 9.17) is 0 Å². The minimum atomic E-state index is -4.77. The monoisotopic (exact) mass is 198 g/mol. The van der Waals surface area contributed by atoms with Gasteiger partial charge in [0, 0.05) is 14.0 Å². The molecule has 0 aromatic carbocycles. The average molecular weight is 198 g/mol. The zero-order valence-electron chi connectivity index (χ0n) is 7.03. The third-order valence-corrected chi connectivity index (χ3v) is 1.18. The van der Waals surface area contributed by atoms with E-state index in [1.165, 1.54) is 5.32 Å². The Bertz CT molecular complexity index is 214. The van der Waals surface area contributed by atoms with Crippen molar-refractivity contribution in [2.45, 2.75) is 19.1 Å². The minimum absolute atomic E-state index is 0.904. The SMILES string of the molecule is CNC(=O)C(NC(C)=O)C(F)(F)F. The van der Waals surface area contributed by atoms with Gasteiger partial charge in [-0.1, -0.05) is 0 Å². The molecule has 0 aromatic heterocycles. The van der Waals surface area contributed by atoms with Gasteiger partial charge in [-0.15, -0.1) is 0 Å². The molecule has 76 valence electrons. The lowest BCUT2D eigenvalue weighted by atomic mass is 10.2. The highest BCUT2D eigenvalue weighted by Gasteiger charge is 2.45. The lowest BCUT2D eigenvalue weighted by Gasteiger charge is -2.18. The first-order valence-corrected chi connectivity index (χ1v) is 3.34. The first-order chi connectivity index (χ1) is 5.79. The molecule has 0 spiro atoms. The zero-order valence-corrected chi connectivity index (χ0v) is 7.03. The molecule has 1 atom stereocenters. The van der Waals surface area contributed by atoms with Crippen LogP contribution in [0.4, 0.5) is 13.2 Å². The fourth-order valence-corrected chi connectivity index (χ4v) is 0.644.